The highest BCUT2D eigenvalue weighted by Crippen LogP contribution is 2.38. The highest BCUT2D eigenvalue weighted by atomic mass is 19.4. The van der Waals surface area contributed by atoms with Gasteiger partial charge in [-0.15, -0.1) is 13.2 Å². The second-order valence-corrected chi connectivity index (χ2v) is 5.92. The maximum absolute atomic E-state index is 12.2. The molecule has 0 amide bonds. The number of piperidine rings is 2. The average molecular weight is 300 g/mol. The molecule has 0 saturated carbocycles. The van der Waals surface area contributed by atoms with Crippen LogP contribution in [0.5, 0.6) is 5.75 Å². The van der Waals surface area contributed by atoms with Crippen LogP contribution in [0.4, 0.5) is 18.9 Å². The van der Waals surface area contributed by atoms with Crippen LogP contribution in [0.25, 0.3) is 0 Å². The quantitative estimate of drug-likeness (QED) is 0.909. The van der Waals surface area contributed by atoms with Crippen LogP contribution in [0.1, 0.15) is 32.1 Å². The van der Waals surface area contributed by atoms with Crippen molar-refractivity contribution in [2.24, 2.45) is 5.73 Å². The van der Waals surface area contributed by atoms with Gasteiger partial charge in [0.15, 0.2) is 0 Å². The summed E-state index contributed by atoms with van der Waals surface area (Å²) in [7, 11) is 0. The molecule has 2 atom stereocenters. The molecule has 21 heavy (non-hydrogen) atoms. The fourth-order valence-electron chi connectivity index (χ4n) is 3.66. The molecule has 0 aliphatic carbocycles. The van der Waals surface area contributed by atoms with Gasteiger partial charge in [-0.05, 0) is 56.4 Å². The minimum atomic E-state index is -4.64. The first-order chi connectivity index (χ1) is 9.92. The van der Waals surface area contributed by atoms with E-state index >= 15 is 0 Å². The van der Waals surface area contributed by atoms with Gasteiger partial charge in [-0.1, -0.05) is 0 Å². The lowest BCUT2D eigenvalue weighted by Gasteiger charge is -2.49. The van der Waals surface area contributed by atoms with Gasteiger partial charge in [0.1, 0.15) is 5.75 Å². The molecule has 1 aromatic rings. The molecule has 0 spiro atoms. The summed E-state index contributed by atoms with van der Waals surface area (Å²) in [6.45, 7) is 0. The molecule has 6 heteroatoms. The van der Waals surface area contributed by atoms with E-state index in [4.69, 9.17) is 5.73 Å². The number of hydrogen-bond donors (Lipinski definition) is 1. The molecule has 2 bridgehead atoms. The minimum Gasteiger partial charge on any atom is -0.406 e. The van der Waals surface area contributed by atoms with Crippen molar-refractivity contribution in [1.29, 1.82) is 0 Å². The summed E-state index contributed by atoms with van der Waals surface area (Å²) in [6.07, 6.45) is 0.675. The summed E-state index contributed by atoms with van der Waals surface area (Å²) in [6, 6.07) is 7.24. The van der Waals surface area contributed by atoms with E-state index in [0.717, 1.165) is 31.4 Å². The summed E-state index contributed by atoms with van der Waals surface area (Å²) in [5.74, 6) is -0.176. The van der Waals surface area contributed by atoms with Gasteiger partial charge in [0.05, 0.1) is 0 Å². The predicted octanol–water partition coefficient (Wildman–Crippen LogP) is 3.43. The molecule has 3 rings (SSSR count). The molecule has 0 aromatic heterocycles. The van der Waals surface area contributed by atoms with Gasteiger partial charge in [0.25, 0.3) is 0 Å². The average Bonchev–Trinajstić information content (AvgIpc) is 2.37. The number of nitrogens with zero attached hydrogens (tertiary/aromatic N) is 1. The van der Waals surface area contributed by atoms with Gasteiger partial charge in [-0.2, -0.15) is 0 Å². The van der Waals surface area contributed by atoms with Crippen LogP contribution in [-0.4, -0.2) is 24.5 Å². The van der Waals surface area contributed by atoms with Crippen LogP contribution in [0.15, 0.2) is 24.3 Å². The molecular formula is C15H19F3N2O. The Bertz CT molecular complexity index is 475. The van der Waals surface area contributed by atoms with Gasteiger partial charge in [0.2, 0.25) is 0 Å². The second kappa shape index (κ2) is 5.40. The van der Waals surface area contributed by atoms with Crippen LogP contribution in [0.2, 0.25) is 0 Å². The molecule has 2 heterocycles. The molecule has 116 valence electrons. The van der Waals surface area contributed by atoms with Crippen molar-refractivity contribution < 1.29 is 17.9 Å². The monoisotopic (exact) mass is 300 g/mol. The standard InChI is InChI=1S/C15H19F3N2O/c16-15(17,18)21-14-6-4-11(5-7-14)20-12-2-1-3-13(20)9-10(19)8-12/h4-7,10,12-13H,1-3,8-9,19H2. The highest BCUT2D eigenvalue weighted by Gasteiger charge is 2.37. The zero-order valence-corrected chi connectivity index (χ0v) is 11.6. The van der Waals surface area contributed by atoms with Crippen molar-refractivity contribution in [2.45, 2.75) is 56.6 Å². The molecule has 3 nitrogen and oxygen atoms in total. The Balaban J connectivity index is 1.77. The molecule has 2 aliphatic heterocycles. The zero-order valence-electron chi connectivity index (χ0n) is 11.6. The molecule has 2 N–H and O–H groups in total. The predicted molar refractivity (Wildman–Crippen MR) is 74.2 cm³/mol. The number of benzene rings is 1. The lowest BCUT2D eigenvalue weighted by atomic mass is 9.81. The minimum absolute atomic E-state index is 0.176. The fourth-order valence-corrected chi connectivity index (χ4v) is 3.66. The van der Waals surface area contributed by atoms with Gasteiger partial charge in [-0.3, -0.25) is 0 Å². The molecular weight excluding hydrogens is 281 g/mol. The summed E-state index contributed by atoms with van der Waals surface area (Å²) < 4.78 is 40.5. The highest BCUT2D eigenvalue weighted by molar-refractivity contribution is 5.52. The molecule has 1 aromatic carbocycles. The van der Waals surface area contributed by atoms with E-state index in [0.29, 0.717) is 12.1 Å². The van der Waals surface area contributed by atoms with E-state index in [1.165, 1.54) is 18.6 Å². The van der Waals surface area contributed by atoms with Crippen LogP contribution >= 0.6 is 0 Å². The molecule has 2 fully saturated rings. The summed E-state index contributed by atoms with van der Waals surface area (Å²) >= 11 is 0. The van der Waals surface area contributed by atoms with Crippen molar-refractivity contribution in [3.05, 3.63) is 24.3 Å². The van der Waals surface area contributed by atoms with Gasteiger partial charge < -0.3 is 15.4 Å². The number of alkyl halides is 3. The third-order valence-corrected chi connectivity index (χ3v) is 4.38. The van der Waals surface area contributed by atoms with Crippen molar-refractivity contribution >= 4 is 5.69 Å². The first kappa shape index (κ1) is 14.5. The van der Waals surface area contributed by atoms with Gasteiger partial charge in [0, 0.05) is 23.8 Å². The van der Waals surface area contributed by atoms with Gasteiger partial charge in [-0.25, -0.2) is 0 Å². The lowest BCUT2D eigenvalue weighted by molar-refractivity contribution is -0.274. The molecule has 2 aliphatic rings. The number of rotatable bonds is 2. The maximum atomic E-state index is 12.2. The lowest BCUT2D eigenvalue weighted by Crippen LogP contribution is -2.55. The van der Waals surface area contributed by atoms with E-state index < -0.39 is 6.36 Å². The van der Waals surface area contributed by atoms with Crippen molar-refractivity contribution in [1.82, 2.24) is 0 Å². The summed E-state index contributed by atoms with van der Waals surface area (Å²) in [4.78, 5) is 2.34. The number of halogens is 3. The Hall–Kier alpha value is -1.43. The van der Waals surface area contributed by atoms with E-state index in [2.05, 4.69) is 9.64 Å². The van der Waals surface area contributed by atoms with Crippen LogP contribution < -0.4 is 15.4 Å². The Labute approximate surface area is 121 Å². The Kier molecular flexibility index (Phi) is 3.73. The Morgan fingerprint density at radius 1 is 1.05 bits per heavy atom. The molecule has 0 radical (unpaired) electrons. The largest absolute Gasteiger partial charge is 0.573 e. The number of hydrogen-bond acceptors (Lipinski definition) is 3. The van der Waals surface area contributed by atoms with Crippen LogP contribution in [0, 0.1) is 0 Å². The zero-order chi connectivity index (χ0) is 15.0. The van der Waals surface area contributed by atoms with Crippen molar-refractivity contribution in [2.75, 3.05) is 4.90 Å². The fraction of sp³-hybridized carbons (Fsp3) is 0.600. The normalized spacial score (nSPS) is 29.3. The Morgan fingerprint density at radius 2 is 1.62 bits per heavy atom. The Morgan fingerprint density at radius 3 is 2.14 bits per heavy atom. The third-order valence-electron chi connectivity index (χ3n) is 4.38. The maximum Gasteiger partial charge on any atom is 0.573 e. The van der Waals surface area contributed by atoms with E-state index in [-0.39, 0.29) is 11.8 Å². The van der Waals surface area contributed by atoms with E-state index in [1.54, 1.807) is 12.1 Å². The number of anilines is 1. The number of fused-ring (bicyclic) bond motifs is 2. The third kappa shape index (κ3) is 3.26. The van der Waals surface area contributed by atoms with E-state index in [9.17, 15) is 13.2 Å². The first-order valence-electron chi connectivity index (χ1n) is 7.32. The van der Waals surface area contributed by atoms with Crippen LogP contribution in [0.3, 0.4) is 0 Å². The first-order valence-corrected chi connectivity index (χ1v) is 7.32. The number of nitrogens with two attached hydrogens (primary N) is 1. The van der Waals surface area contributed by atoms with Crippen molar-refractivity contribution in [3.8, 4) is 5.75 Å². The summed E-state index contributed by atoms with van der Waals surface area (Å²) in [5.41, 5.74) is 7.05. The van der Waals surface area contributed by atoms with Crippen molar-refractivity contribution in [3.63, 3.8) is 0 Å². The smallest absolute Gasteiger partial charge is 0.406 e. The topological polar surface area (TPSA) is 38.5 Å². The molecule has 2 unspecified atom stereocenters. The van der Waals surface area contributed by atoms with Gasteiger partial charge >= 0.3 is 6.36 Å². The SMILES string of the molecule is NC1CC2CCCC(C1)N2c1ccc(OC(F)(F)F)cc1. The number of ether oxygens (including phenoxy) is 1. The second-order valence-electron chi connectivity index (χ2n) is 5.92. The van der Waals surface area contributed by atoms with Crippen LogP contribution in [-0.2, 0) is 0 Å². The summed E-state index contributed by atoms with van der Waals surface area (Å²) in [5, 5.41) is 0. The molecule has 2 saturated heterocycles. The van der Waals surface area contributed by atoms with E-state index in [1.807, 2.05) is 0 Å².